The lowest BCUT2D eigenvalue weighted by Crippen LogP contribution is -2.40. The third kappa shape index (κ3) is 6.25. The molecule has 1 atom stereocenters. The number of aryl methyl sites for hydroxylation is 1. The summed E-state index contributed by atoms with van der Waals surface area (Å²) < 4.78 is 7.73. The average molecular weight is 624 g/mol. The molecule has 1 amide bonds. The first-order valence-electron chi connectivity index (χ1n) is 15.0. The zero-order valence-electron chi connectivity index (χ0n) is 27.4. The van der Waals surface area contributed by atoms with E-state index < -0.39 is 6.04 Å². The normalized spacial score (nSPS) is 15.5. The van der Waals surface area contributed by atoms with Gasteiger partial charge in [-0.3, -0.25) is 14.2 Å². The maximum Gasteiger partial charge on any atom is 0.271 e. The molecule has 45 heavy (non-hydrogen) atoms. The standard InChI is InChI=1S/C37H41N3O4S/c1-21-15-16-24(20-28(21)44-9)31-30(33(42)39-25-13-11-10-12-14-25)22(2)38-35-40(31)34(43)29(45-35)19-23-17-26(36(3,4)5)32(41)27(18-23)37(6,7)8/h10-20,31,41H,1-9H3,(H,39,42)/b29-19-/t31-/m0/s1. The molecule has 1 aromatic heterocycles. The van der Waals surface area contributed by atoms with Gasteiger partial charge in [0, 0.05) is 16.8 Å². The van der Waals surface area contributed by atoms with Crippen LogP contribution in [0.4, 0.5) is 5.69 Å². The average Bonchev–Trinajstić information content (AvgIpc) is 3.26. The van der Waals surface area contributed by atoms with Crippen LogP contribution in [-0.4, -0.2) is 22.7 Å². The molecule has 2 N–H and O–H groups in total. The maximum atomic E-state index is 14.3. The van der Waals surface area contributed by atoms with E-state index in [0.29, 0.717) is 32.0 Å². The summed E-state index contributed by atoms with van der Waals surface area (Å²) in [6.07, 6.45) is 1.86. The molecule has 234 valence electrons. The van der Waals surface area contributed by atoms with Gasteiger partial charge in [0.2, 0.25) is 0 Å². The van der Waals surface area contributed by atoms with Crippen LogP contribution in [0.3, 0.4) is 0 Å². The van der Waals surface area contributed by atoms with Crippen LogP contribution < -0.4 is 24.9 Å². The summed E-state index contributed by atoms with van der Waals surface area (Å²) >= 11 is 1.29. The highest BCUT2D eigenvalue weighted by atomic mass is 32.1. The number of para-hydroxylation sites is 1. The fourth-order valence-electron chi connectivity index (χ4n) is 5.69. The van der Waals surface area contributed by atoms with Gasteiger partial charge < -0.3 is 15.2 Å². The number of benzene rings is 3. The second-order valence-electron chi connectivity index (χ2n) is 13.6. The first-order chi connectivity index (χ1) is 21.1. The van der Waals surface area contributed by atoms with E-state index in [-0.39, 0.29) is 28.0 Å². The highest BCUT2D eigenvalue weighted by molar-refractivity contribution is 7.07. The Balaban J connectivity index is 1.74. The number of amides is 1. The van der Waals surface area contributed by atoms with Crippen LogP contribution in [0, 0.1) is 6.92 Å². The number of phenols is 1. The molecule has 4 aromatic rings. The second kappa shape index (κ2) is 11.8. The smallest absolute Gasteiger partial charge is 0.271 e. The number of nitrogens with zero attached hydrogens (tertiary/aromatic N) is 2. The van der Waals surface area contributed by atoms with Gasteiger partial charge in [-0.25, -0.2) is 4.99 Å². The van der Waals surface area contributed by atoms with Gasteiger partial charge in [0.15, 0.2) is 4.80 Å². The molecule has 3 aromatic carbocycles. The molecular formula is C37H41N3O4S. The van der Waals surface area contributed by atoms with Gasteiger partial charge in [-0.05, 0) is 77.8 Å². The van der Waals surface area contributed by atoms with Crippen molar-refractivity contribution >= 4 is 29.0 Å². The molecule has 0 saturated heterocycles. The highest BCUT2D eigenvalue weighted by Gasteiger charge is 2.33. The first-order valence-corrected chi connectivity index (χ1v) is 15.8. The van der Waals surface area contributed by atoms with Gasteiger partial charge in [0.05, 0.1) is 29.0 Å². The number of allylic oxidation sites excluding steroid dienone is 1. The minimum absolute atomic E-state index is 0.247. The third-order valence-electron chi connectivity index (χ3n) is 8.09. The molecule has 0 spiro atoms. The van der Waals surface area contributed by atoms with Crippen molar-refractivity contribution in [3.8, 4) is 11.5 Å². The lowest BCUT2D eigenvalue weighted by molar-refractivity contribution is -0.113. The summed E-state index contributed by atoms with van der Waals surface area (Å²) in [7, 11) is 1.61. The van der Waals surface area contributed by atoms with E-state index in [0.717, 1.165) is 27.8 Å². The third-order valence-corrected chi connectivity index (χ3v) is 9.07. The Bertz CT molecular complexity index is 1970. The van der Waals surface area contributed by atoms with Gasteiger partial charge in [-0.1, -0.05) is 83.2 Å². The van der Waals surface area contributed by atoms with Crippen molar-refractivity contribution in [2.24, 2.45) is 4.99 Å². The molecule has 0 radical (unpaired) electrons. The number of rotatable bonds is 5. The summed E-state index contributed by atoms with van der Waals surface area (Å²) in [5.74, 6) is 0.622. The quantitative estimate of drug-likeness (QED) is 0.266. The molecule has 8 heteroatoms. The molecule has 1 aliphatic heterocycles. The number of phenolic OH excluding ortho intramolecular Hbond substituents is 1. The Morgan fingerprint density at radius 1 is 0.978 bits per heavy atom. The summed E-state index contributed by atoms with van der Waals surface area (Å²) in [6, 6.07) is 18.2. The van der Waals surface area contributed by atoms with Gasteiger partial charge in [0.1, 0.15) is 11.5 Å². The van der Waals surface area contributed by atoms with Gasteiger partial charge in [-0.15, -0.1) is 0 Å². The Kier molecular flexibility index (Phi) is 8.40. The minimum Gasteiger partial charge on any atom is -0.507 e. The molecule has 0 unspecified atom stereocenters. The van der Waals surface area contributed by atoms with Crippen LogP contribution in [0.1, 0.15) is 82.3 Å². The maximum absolute atomic E-state index is 14.3. The summed E-state index contributed by atoms with van der Waals surface area (Å²) in [5.41, 5.74) is 4.83. The Hall–Kier alpha value is -4.43. The molecule has 0 aliphatic carbocycles. The molecule has 1 aliphatic rings. The topological polar surface area (TPSA) is 92.9 Å². The van der Waals surface area contributed by atoms with Crippen molar-refractivity contribution in [2.75, 3.05) is 12.4 Å². The largest absolute Gasteiger partial charge is 0.507 e. The van der Waals surface area contributed by atoms with Crippen LogP contribution in [0.15, 0.2) is 81.7 Å². The van der Waals surface area contributed by atoms with Crippen LogP contribution in [0.2, 0.25) is 0 Å². The summed E-state index contributed by atoms with van der Waals surface area (Å²) in [4.78, 5) is 33.5. The van der Waals surface area contributed by atoms with Crippen molar-refractivity contribution in [1.29, 1.82) is 0 Å². The van der Waals surface area contributed by atoms with Gasteiger partial charge in [-0.2, -0.15) is 0 Å². The molecule has 0 bridgehead atoms. The number of aromatic nitrogens is 1. The zero-order valence-corrected chi connectivity index (χ0v) is 28.2. The zero-order chi connectivity index (χ0) is 32.8. The SMILES string of the molecule is COc1cc([C@H]2C(C(=O)Nc3ccccc3)=C(C)N=c3s/c(=C\c4cc(C(C)(C)C)c(O)c(C(C)(C)C)c4)c(=O)n32)ccc1C. The number of hydrogen-bond acceptors (Lipinski definition) is 6. The first kappa shape index (κ1) is 32.0. The van der Waals surface area contributed by atoms with Crippen LogP contribution in [-0.2, 0) is 15.6 Å². The van der Waals surface area contributed by atoms with E-state index in [4.69, 9.17) is 9.73 Å². The van der Waals surface area contributed by atoms with Gasteiger partial charge in [0.25, 0.3) is 11.5 Å². The number of fused-ring (bicyclic) bond motifs is 1. The number of methoxy groups -OCH3 is 1. The lowest BCUT2D eigenvalue weighted by Gasteiger charge is -2.27. The Morgan fingerprint density at radius 3 is 2.18 bits per heavy atom. The van der Waals surface area contributed by atoms with E-state index in [1.54, 1.807) is 18.6 Å². The number of anilines is 1. The molecular weight excluding hydrogens is 582 g/mol. The number of carbonyl (C=O) groups excluding carboxylic acids is 1. The number of thiazole rings is 1. The van der Waals surface area contributed by atoms with E-state index in [2.05, 4.69) is 46.9 Å². The molecule has 0 saturated carbocycles. The van der Waals surface area contributed by atoms with Crippen LogP contribution in [0.25, 0.3) is 6.08 Å². The van der Waals surface area contributed by atoms with Crippen LogP contribution in [0.5, 0.6) is 11.5 Å². The van der Waals surface area contributed by atoms with E-state index >= 15 is 0 Å². The second-order valence-corrected chi connectivity index (χ2v) is 14.6. The monoisotopic (exact) mass is 623 g/mol. The fraction of sp³-hybridized carbons (Fsp3) is 0.324. The van der Waals surface area contributed by atoms with E-state index in [9.17, 15) is 14.7 Å². The molecule has 5 rings (SSSR count). The van der Waals surface area contributed by atoms with E-state index in [1.165, 1.54) is 11.3 Å². The van der Waals surface area contributed by atoms with Crippen molar-refractivity contribution in [3.63, 3.8) is 0 Å². The Morgan fingerprint density at radius 2 is 1.60 bits per heavy atom. The summed E-state index contributed by atoms with van der Waals surface area (Å²) in [5, 5.41) is 14.2. The number of nitrogens with one attached hydrogen (secondary N) is 1. The number of aromatic hydroxyl groups is 1. The Labute approximate surface area is 268 Å². The predicted molar refractivity (Wildman–Crippen MR) is 182 cm³/mol. The molecule has 2 heterocycles. The van der Waals surface area contributed by atoms with Crippen molar-refractivity contribution < 1.29 is 14.6 Å². The number of hydrogen-bond donors (Lipinski definition) is 2. The molecule has 7 nitrogen and oxygen atoms in total. The lowest BCUT2D eigenvalue weighted by atomic mass is 9.78. The summed E-state index contributed by atoms with van der Waals surface area (Å²) in [6.45, 7) is 16.1. The number of carbonyl (C=O) groups is 1. The molecule has 0 fully saturated rings. The highest BCUT2D eigenvalue weighted by Crippen LogP contribution is 2.40. The van der Waals surface area contributed by atoms with Crippen molar-refractivity contribution in [2.45, 2.75) is 72.3 Å². The van der Waals surface area contributed by atoms with E-state index in [1.807, 2.05) is 73.7 Å². The van der Waals surface area contributed by atoms with Crippen molar-refractivity contribution in [1.82, 2.24) is 4.57 Å². The predicted octanol–water partition coefficient (Wildman–Crippen LogP) is 6.49. The fourth-order valence-corrected chi connectivity index (χ4v) is 6.74. The van der Waals surface area contributed by atoms with Crippen molar-refractivity contribution in [3.05, 3.63) is 119 Å². The number of ether oxygens (including phenoxy) is 1. The minimum atomic E-state index is -0.725. The van der Waals surface area contributed by atoms with Gasteiger partial charge >= 0.3 is 0 Å². The van der Waals surface area contributed by atoms with Crippen LogP contribution >= 0.6 is 11.3 Å².